The fourth-order valence-corrected chi connectivity index (χ4v) is 4.03. The molecule has 1 unspecified atom stereocenters. The van der Waals surface area contributed by atoms with Crippen molar-refractivity contribution in [1.82, 2.24) is 0 Å². The van der Waals surface area contributed by atoms with E-state index in [2.05, 4.69) is 16.0 Å². The molecular weight excluding hydrogens is 527 g/mol. The van der Waals surface area contributed by atoms with E-state index >= 15 is 0 Å². The molecule has 0 aliphatic rings. The zero-order valence-corrected chi connectivity index (χ0v) is 22.7. The van der Waals surface area contributed by atoms with Crippen LogP contribution < -0.4 is 20.7 Å². The zero-order valence-electron chi connectivity index (χ0n) is 21.2. The topological polar surface area (TPSA) is 123 Å². The molecule has 4 N–H and O–H groups in total. The van der Waals surface area contributed by atoms with Crippen LogP contribution in [0.1, 0.15) is 42.9 Å². The number of urea groups is 1. The van der Waals surface area contributed by atoms with Gasteiger partial charge in [0, 0.05) is 11.8 Å². The number of ether oxygens (including phenoxy) is 1. The molecule has 10 heteroatoms. The monoisotopic (exact) mass is 554 g/mol. The molecule has 0 saturated heterocycles. The van der Waals surface area contributed by atoms with Crippen LogP contribution >= 0.6 is 23.2 Å². The lowest BCUT2D eigenvalue weighted by atomic mass is 10.1. The molecule has 3 amide bonds. The SMILES string of the molecule is CCCCC(Oc1ccc(C)cc1C)C(=O)Nc1cc(O)c(NC(=O)Nc2ccc(Cl)c(C#N)c2)cc1Cl. The second-order valence-electron chi connectivity index (χ2n) is 8.74. The van der Waals surface area contributed by atoms with Crippen molar-refractivity contribution in [2.75, 3.05) is 16.0 Å². The van der Waals surface area contributed by atoms with Crippen LogP contribution in [0.25, 0.3) is 0 Å². The van der Waals surface area contributed by atoms with Gasteiger partial charge in [-0.15, -0.1) is 0 Å². The van der Waals surface area contributed by atoms with Gasteiger partial charge in [0.05, 0.1) is 27.0 Å². The minimum atomic E-state index is -0.768. The van der Waals surface area contributed by atoms with Gasteiger partial charge in [0.15, 0.2) is 6.10 Å². The first kappa shape index (κ1) is 28.6. The number of halogens is 2. The van der Waals surface area contributed by atoms with Crippen molar-refractivity contribution in [2.24, 2.45) is 0 Å². The van der Waals surface area contributed by atoms with E-state index in [-0.39, 0.29) is 32.7 Å². The Hall–Kier alpha value is -3.93. The zero-order chi connectivity index (χ0) is 27.8. The maximum absolute atomic E-state index is 13.1. The van der Waals surface area contributed by atoms with Crippen molar-refractivity contribution in [3.05, 3.63) is 75.3 Å². The van der Waals surface area contributed by atoms with Crippen LogP contribution in [0.2, 0.25) is 10.0 Å². The number of phenolic OH excluding ortho intramolecular Hbond substituents is 1. The number of hydrogen-bond donors (Lipinski definition) is 4. The third kappa shape index (κ3) is 7.54. The summed E-state index contributed by atoms with van der Waals surface area (Å²) in [5, 5.41) is 27.7. The van der Waals surface area contributed by atoms with Gasteiger partial charge in [0.2, 0.25) is 0 Å². The molecule has 3 aromatic rings. The summed E-state index contributed by atoms with van der Waals surface area (Å²) < 4.78 is 6.05. The molecule has 1 atom stereocenters. The number of unbranched alkanes of at least 4 members (excludes halogenated alkanes) is 1. The summed E-state index contributed by atoms with van der Waals surface area (Å²) in [5.74, 6) is -0.0998. The molecule has 8 nitrogen and oxygen atoms in total. The number of carbonyl (C=O) groups excluding carboxylic acids is 2. The third-order valence-corrected chi connectivity index (χ3v) is 6.29. The van der Waals surface area contributed by atoms with Gasteiger partial charge in [-0.25, -0.2) is 4.79 Å². The molecule has 0 fully saturated rings. The molecule has 0 aromatic heterocycles. The van der Waals surface area contributed by atoms with Crippen molar-refractivity contribution in [1.29, 1.82) is 5.26 Å². The average molecular weight is 555 g/mol. The number of nitrogens with zero attached hydrogens (tertiary/aromatic N) is 1. The Morgan fingerprint density at radius 1 is 1.00 bits per heavy atom. The number of rotatable bonds is 9. The number of phenols is 1. The molecule has 0 aliphatic heterocycles. The average Bonchev–Trinajstić information content (AvgIpc) is 2.87. The van der Waals surface area contributed by atoms with Gasteiger partial charge < -0.3 is 25.8 Å². The lowest BCUT2D eigenvalue weighted by Crippen LogP contribution is -2.33. The number of amides is 3. The van der Waals surface area contributed by atoms with Crippen molar-refractivity contribution in [2.45, 2.75) is 46.1 Å². The van der Waals surface area contributed by atoms with E-state index in [4.69, 9.17) is 33.2 Å². The number of nitrogens with one attached hydrogen (secondary N) is 3. The second-order valence-corrected chi connectivity index (χ2v) is 9.56. The first-order chi connectivity index (χ1) is 18.1. The highest BCUT2D eigenvalue weighted by atomic mass is 35.5. The van der Waals surface area contributed by atoms with Gasteiger partial charge in [-0.2, -0.15) is 5.26 Å². The summed E-state index contributed by atoms with van der Waals surface area (Å²) in [6.45, 7) is 5.93. The van der Waals surface area contributed by atoms with E-state index in [9.17, 15) is 14.7 Å². The van der Waals surface area contributed by atoms with E-state index in [1.807, 2.05) is 45.0 Å². The normalized spacial score (nSPS) is 11.3. The number of carbonyl (C=O) groups is 2. The smallest absolute Gasteiger partial charge is 0.323 e. The molecular formula is C28H28Cl2N4O4. The highest BCUT2D eigenvalue weighted by molar-refractivity contribution is 6.34. The number of nitriles is 1. The predicted molar refractivity (Wildman–Crippen MR) is 150 cm³/mol. The van der Waals surface area contributed by atoms with E-state index in [0.717, 1.165) is 24.0 Å². The molecule has 3 aromatic carbocycles. The highest BCUT2D eigenvalue weighted by Crippen LogP contribution is 2.34. The van der Waals surface area contributed by atoms with Crippen LogP contribution in [0.4, 0.5) is 21.9 Å². The lowest BCUT2D eigenvalue weighted by molar-refractivity contribution is -0.123. The van der Waals surface area contributed by atoms with Crippen LogP contribution in [0.15, 0.2) is 48.5 Å². The molecule has 0 bridgehead atoms. The van der Waals surface area contributed by atoms with Crippen LogP contribution in [0, 0.1) is 25.2 Å². The first-order valence-corrected chi connectivity index (χ1v) is 12.7. The lowest BCUT2D eigenvalue weighted by Gasteiger charge is -2.21. The quantitative estimate of drug-likeness (QED) is 0.205. The maximum atomic E-state index is 13.1. The Balaban J connectivity index is 1.71. The molecule has 0 saturated carbocycles. The number of anilines is 3. The van der Waals surface area contributed by atoms with Gasteiger partial charge in [-0.3, -0.25) is 4.79 Å². The van der Waals surface area contributed by atoms with Crippen molar-refractivity contribution in [3.63, 3.8) is 0 Å². The predicted octanol–water partition coefficient (Wildman–Crippen LogP) is 7.41. The van der Waals surface area contributed by atoms with Crippen molar-refractivity contribution >= 4 is 52.2 Å². The molecule has 198 valence electrons. The van der Waals surface area contributed by atoms with E-state index in [0.29, 0.717) is 17.9 Å². The highest BCUT2D eigenvalue weighted by Gasteiger charge is 2.23. The van der Waals surface area contributed by atoms with Crippen LogP contribution in [0.3, 0.4) is 0 Å². The number of aromatic hydroxyl groups is 1. The molecule has 3 rings (SSSR count). The third-order valence-electron chi connectivity index (χ3n) is 5.65. The first-order valence-electron chi connectivity index (χ1n) is 12.0. The summed E-state index contributed by atoms with van der Waals surface area (Å²) in [4.78, 5) is 25.5. The summed E-state index contributed by atoms with van der Waals surface area (Å²) >= 11 is 12.3. The van der Waals surface area contributed by atoms with Crippen molar-refractivity contribution in [3.8, 4) is 17.6 Å². The summed E-state index contributed by atoms with van der Waals surface area (Å²) in [6, 6.07) is 14.0. The van der Waals surface area contributed by atoms with Crippen LogP contribution in [-0.4, -0.2) is 23.1 Å². The maximum Gasteiger partial charge on any atom is 0.323 e. The number of hydrogen-bond acceptors (Lipinski definition) is 5. The summed E-state index contributed by atoms with van der Waals surface area (Å²) in [5.41, 5.74) is 2.74. The molecule has 38 heavy (non-hydrogen) atoms. The molecule has 0 heterocycles. The van der Waals surface area contributed by atoms with E-state index < -0.39 is 18.0 Å². The second kappa shape index (κ2) is 13.0. The Morgan fingerprint density at radius 3 is 2.45 bits per heavy atom. The largest absolute Gasteiger partial charge is 0.506 e. The van der Waals surface area contributed by atoms with Gasteiger partial charge in [0.1, 0.15) is 17.6 Å². The molecule has 0 radical (unpaired) electrons. The minimum Gasteiger partial charge on any atom is -0.506 e. The molecule has 0 aliphatic carbocycles. The van der Waals surface area contributed by atoms with Gasteiger partial charge in [-0.1, -0.05) is 54.2 Å². The van der Waals surface area contributed by atoms with Gasteiger partial charge >= 0.3 is 6.03 Å². The summed E-state index contributed by atoms with van der Waals surface area (Å²) in [6.07, 6.45) is 1.40. The van der Waals surface area contributed by atoms with E-state index in [1.54, 1.807) is 0 Å². The molecule has 0 spiro atoms. The number of aryl methyl sites for hydroxylation is 2. The number of benzene rings is 3. The van der Waals surface area contributed by atoms with Gasteiger partial charge in [-0.05, 0) is 62.6 Å². The van der Waals surface area contributed by atoms with Crippen LogP contribution in [0.5, 0.6) is 11.5 Å². The Kier molecular flexibility index (Phi) is 9.83. The Morgan fingerprint density at radius 2 is 1.76 bits per heavy atom. The minimum absolute atomic E-state index is 0.0223. The fraction of sp³-hybridized carbons (Fsp3) is 0.250. The summed E-state index contributed by atoms with van der Waals surface area (Å²) in [7, 11) is 0. The standard InChI is InChI=1S/C28H28Cl2N4O4/c1-4-5-6-26(38-25-10-7-16(2)11-17(25)3)27(36)33-22-14-24(35)23(13-21(22)30)34-28(37)32-19-8-9-20(29)18(12-19)15-31/h7-14,26,35H,4-6H2,1-3H3,(H,33,36)(H2,32,34,37). The van der Waals surface area contributed by atoms with E-state index in [1.165, 1.54) is 30.3 Å². The van der Waals surface area contributed by atoms with Crippen LogP contribution in [-0.2, 0) is 4.79 Å². The fourth-order valence-electron chi connectivity index (χ4n) is 3.66. The van der Waals surface area contributed by atoms with Crippen molar-refractivity contribution < 1.29 is 19.4 Å². The Labute approximate surface area is 231 Å². The Bertz CT molecular complexity index is 1390. The van der Waals surface area contributed by atoms with Gasteiger partial charge in [0.25, 0.3) is 5.91 Å².